The highest BCUT2D eigenvalue weighted by Crippen LogP contribution is 2.15. The largest absolute Gasteiger partial charge is 0.280 e. The van der Waals surface area contributed by atoms with Gasteiger partial charge >= 0.3 is 0 Å². The fraction of sp³-hybridized carbons (Fsp3) is 0.0952. The molecule has 150 valence electrons. The molecule has 0 saturated heterocycles. The van der Waals surface area contributed by atoms with E-state index >= 15 is 0 Å². The number of rotatable bonds is 5. The van der Waals surface area contributed by atoms with Crippen molar-refractivity contribution >= 4 is 23.2 Å². The number of benzene rings is 2. The second-order valence-corrected chi connectivity index (χ2v) is 7.46. The van der Waals surface area contributed by atoms with Gasteiger partial charge in [-0.15, -0.1) is 21.5 Å². The Balaban J connectivity index is 1.35. The molecule has 0 aliphatic carbocycles. The van der Waals surface area contributed by atoms with Gasteiger partial charge < -0.3 is 0 Å². The molecule has 8 nitrogen and oxygen atoms in total. The highest BCUT2D eigenvalue weighted by atomic mass is 32.1. The number of hydrogen-bond acceptors (Lipinski definition) is 6. The Morgan fingerprint density at radius 3 is 2.40 bits per heavy atom. The number of aromatic nitrogens is 4. The van der Waals surface area contributed by atoms with Crippen LogP contribution in [-0.2, 0) is 6.54 Å². The van der Waals surface area contributed by atoms with Gasteiger partial charge in [-0.25, -0.2) is 0 Å². The maximum atomic E-state index is 12.3. The monoisotopic (exact) mass is 418 g/mol. The maximum absolute atomic E-state index is 12.3. The van der Waals surface area contributed by atoms with Gasteiger partial charge in [-0.3, -0.25) is 20.4 Å². The fourth-order valence-electron chi connectivity index (χ4n) is 2.79. The Morgan fingerprint density at radius 1 is 0.967 bits per heavy atom. The van der Waals surface area contributed by atoms with E-state index in [0.717, 1.165) is 16.7 Å². The molecule has 0 aliphatic rings. The van der Waals surface area contributed by atoms with E-state index in [-0.39, 0.29) is 5.91 Å². The Bertz CT molecular complexity index is 1170. The van der Waals surface area contributed by atoms with Crippen molar-refractivity contribution in [2.24, 2.45) is 0 Å². The smallest absolute Gasteiger partial charge is 0.267 e. The van der Waals surface area contributed by atoms with Gasteiger partial charge in [-0.05, 0) is 46.8 Å². The number of carbonyl (C=O) groups excluding carboxylic acids is 2. The van der Waals surface area contributed by atoms with Crippen molar-refractivity contribution in [1.29, 1.82) is 0 Å². The molecule has 0 fully saturated rings. The van der Waals surface area contributed by atoms with E-state index in [0.29, 0.717) is 22.8 Å². The molecular formula is C21H18N6O2S. The van der Waals surface area contributed by atoms with Crippen molar-refractivity contribution in [2.75, 3.05) is 0 Å². The van der Waals surface area contributed by atoms with Gasteiger partial charge in [0.05, 0.1) is 11.4 Å². The zero-order chi connectivity index (χ0) is 20.9. The number of nitrogens with zero attached hydrogens (tertiary/aromatic N) is 4. The van der Waals surface area contributed by atoms with Crippen LogP contribution in [0.2, 0.25) is 0 Å². The van der Waals surface area contributed by atoms with Crippen LogP contribution >= 0.6 is 11.3 Å². The third kappa shape index (κ3) is 4.41. The van der Waals surface area contributed by atoms with Crippen LogP contribution in [0.3, 0.4) is 0 Å². The van der Waals surface area contributed by atoms with Gasteiger partial charge in [0.1, 0.15) is 0 Å². The van der Waals surface area contributed by atoms with Gasteiger partial charge in [-0.2, -0.15) is 4.80 Å². The summed E-state index contributed by atoms with van der Waals surface area (Å²) in [6.07, 6.45) is 0. The molecule has 0 atom stereocenters. The number of thiophene rings is 1. The van der Waals surface area contributed by atoms with Crippen LogP contribution in [0.4, 0.5) is 0 Å². The van der Waals surface area contributed by atoms with Gasteiger partial charge in [0.15, 0.2) is 0 Å². The van der Waals surface area contributed by atoms with Crippen LogP contribution in [0.5, 0.6) is 0 Å². The van der Waals surface area contributed by atoms with Crippen LogP contribution in [0.15, 0.2) is 66.0 Å². The molecule has 2 heterocycles. The molecule has 4 rings (SSSR count). The lowest BCUT2D eigenvalue weighted by Gasteiger charge is -2.07. The molecule has 0 bridgehead atoms. The van der Waals surface area contributed by atoms with Crippen LogP contribution in [0.1, 0.15) is 31.2 Å². The van der Waals surface area contributed by atoms with Crippen molar-refractivity contribution in [1.82, 2.24) is 31.1 Å². The minimum atomic E-state index is -0.394. The summed E-state index contributed by atoms with van der Waals surface area (Å²) in [6, 6.07) is 18.5. The molecule has 0 spiro atoms. The van der Waals surface area contributed by atoms with Gasteiger partial charge in [0.2, 0.25) is 5.82 Å². The lowest BCUT2D eigenvalue weighted by Crippen LogP contribution is -2.41. The number of nitrogens with one attached hydrogen (secondary N) is 2. The second-order valence-electron chi connectivity index (χ2n) is 6.55. The molecule has 4 aromatic rings. The third-order valence-electron chi connectivity index (χ3n) is 4.38. The summed E-state index contributed by atoms with van der Waals surface area (Å²) in [4.78, 5) is 26.4. The van der Waals surface area contributed by atoms with Gasteiger partial charge in [0, 0.05) is 11.1 Å². The van der Waals surface area contributed by atoms with E-state index in [2.05, 4.69) is 26.3 Å². The van der Waals surface area contributed by atoms with E-state index < -0.39 is 5.91 Å². The molecule has 0 radical (unpaired) electrons. The number of amides is 2. The van der Waals surface area contributed by atoms with E-state index in [1.54, 1.807) is 12.1 Å². The van der Waals surface area contributed by atoms with E-state index in [1.165, 1.54) is 16.1 Å². The van der Waals surface area contributed by atoms with E-state index in [9.17, 15) is 9.59 Å². The summed E-state index contributed by atoms with van der Waals surface area (Å²) in [6.45, 7) is 2.27. The van der Waals surface area contributed by atoms with E-state index in [1.807, 2.05) is 60.8 Å². The van der Waals surface area contributed by atoms with Crippen molar-refractivity contribution < 1.29 is 9.59 Å². The molecule has 0 saturated carbocycles. The summed E-state index contributed by atoms with van der Waals surface area (Å²) in [5.74, 6) is -0.170. The lowest BCUT2D eigenvalue weighted by atomic mass is 10.1. The molecule has 2 N–H and O–H groups in total. The van der Waals surface area contributed by atoms with Gasteiger partial charge in [0.25, 0.3) is 11.8 Å². The Kier molecular flexibility index (Phi) is 5.62. The van der Waals surface area contributed by atoms with Crippen molar-refractivity contribution in [3.05, 3.63) is 87.6 Å². The molecule has 2 amide bonds. The summed E-state index contributed by atoms with van der Waals surface area (Å²) in [7, 11) is 0. The third-order valence-corrected chi connectivity index (χ3v) is 5.40. The van der Waals surface area contributed by atoms with Crippen molar-refractivity contribution in [3.63, 3.8) is 0 Å². The molecular weight excluding hydrogens is 400 g/mol. The number of hydrogen-bond donors (Lipinski definition) is 2. The summed E-state index contributed by atoms with van der Waals surface area (Å²) in [5, 5.41) is 14.4. The van der Waals surface area contributed by atoms with Gasteiger partial charge in [-0.1, -0.05) is 42.5 Å². The highest BCUT2D eigenvalue weighted by Gasteiger charge is 2.12. The number of aryl methyl sites for hydroxylation is 1. The SMILES string of the molecule is Cc1ccsc1C(=O)NNC(=O)c1ccc(Cn2nnc(-c3ccccc3)n2)cc1. The average molecular weight is 418 g/mol. The average Bonchev–Trinajstić information content (AvgIpc) is 3.42. The number of hydrazine groups is 1. The maximum Gasteiger partial charge on any atom is 0.280 e. The first-order valence-corrected chi connectivity index (χ1v) is 10.0. The van der Waals surface area contributed by atoms with Crippen LogP contribution in [-0.4, -0.2) is 32.0 Å². The van der Waals surface area contributed by atoms with E-state index in [4.69, 9.17) is 0 Å². The first-order chi connectivity index (χ1) is 14.6. The summed E-state index contributed by atoms with van der Waals surface area (Å²) in [5.41, 5.74) is 7.98. The lowest BCUT2D eigenvalue weighted by molar-refractivity contribution is 0.0848. The van der Waals surface area contributed by atoms with Crippen molar-refractivity contribution in [3.8, 4) is 11.4 Å². The molecule has 30 heavy (non-hydrogen) atoms. The normalized spacial score (nSPS) is 10.6. The molecule has 0 unspecified atom stereocenters. The Morgan fingerprint density at radius 2 is 1.70 bits per heavy atom. The molecule has 9 heteroatoms. The molecule has 2 aromatic heterocycles. The Labute approximate surface area is 176 Å². The number of tetrazole rings is 1. The summed E-state index contributed by atoms with van der Waals surface area (Å²) < 4.78 is 0. The minimum Gasteiger partial charge on any atom is -0.267 e. The first kappa shape index (κ1) is 19.5. The zero-order valence-corrected chi connectivity index (χ0v) is 16.9. The number of carbonyl (C=O) groups is 2. The molecule has 2 aromatic carbocycles. The Hall–Kier alpha value is -3.85. The first-order valence-electron chi connectivity index (χ1n) is 9.17. The standard InChI is InChI=1S/C21H18N6O2S/c1-14-11-12-30-18(14)21(29)24-23-20(28)17-9-7-15(8-10-17)13-27-25-19(22-26-27)16-5-3-2-4-6-16/h2-12H,13H2,1H3,(H,23,28)(H,24,29). The van der Waals surface area contributed by atoms with Crippen LogP contribution in [0, 0.1) is 6.92 Å². The zero-order valence-electron chi connectivity index (χ0n) is 16.1. The fourth-order valence-corrected chi connectivity index (χ4v) is 3.61. The minimum absolute atomic E-state index is 0.334. The quantitative estimate of drug-likeness (QED) is 0.485. The highest BCUT2D eigenvalue weighted by molar-refractivity contribution is 7.12. The van der Waals surface area contributed by atoms with Crippen LogP contribution in [0.25, 0.3) is 11.4 Å². The van der Waals surface area contributed by atoms with Crippen molar-refractivity contribution in [2.45, 2.75) is 13.5 Å². The topological polar surface area (TPSA) is 102 Å². The second kappa shape index (κ2) is 8.66. The molecule has 0 aliphatic heterocycles. The summed E-state index contributed by atoms with van der Waals surface area (Å²) >= 11 is 1.33. The predicted molar refractivity (Wildman–Crippen MR) is 113 cm³/mol. The predicted octanol–water partition coefficient (Wildman–Crippen LogP) is 2.83. The van der Waals surface area contributed by atoms with Crippen LogP contribution < -0.4 is 10.9 Å².